The van der Waals surface area contributed by atoms with E-state index >= 15 is 0 Å². The molecule has 1 amide bonds. The Labute approximate surface area is 317 Å². The van der Waals surface area contributed by atoms with E-state index in [2.05, 4.69) is 121 Å². The molecule has 10 aromatic carbocycles. The summed E-state index contributed by atoms with van der Waals surface area (Å²) in [4.78, 5) is 24.0. The molecule has 0 saturated carbocycles. The van der Waals surface area contributed by atoms with Crippen molar-refractivity contribution < 1.29 is 24.2 Å². The van der Waals surface area contributed by atoms with Crippen LogP contribution in [0.1, 0.15) is 31.9 Å². The molecule has 55 heavy (non-hydrogen) atoms. The highest BCUT2D eigenvalue weighted by molar-refractivity contribution is 6.34. The van der Waals surface area contributed by atoms with Gasteiger partial charge in [-0.3, -0.25) is 4.79 Å². The molecule has 0 radical (unpaired) electrons. The zero-order valence-corrected chi connectivity index (χ0v) is 30.9. The van der Waals surface area contributed by atoms with E-state index < -0.39 is 17.7 Å². The molecule has 270 valence electrons. The second-order valence-corrected chi connectivity index (χ2v) is 15.1. The van der Waals surface area contributed by atoms with Gasteiger partial charge in [-0.05, 0) is 118 Å². The number of alkyl carbamates (subject to hydrolysis) is 1. The molecule has 0 aliphatic rings. The van der Waals surface area contributed by atoms with Crippen molar-refractivity contribution >= 4 is 98.2 Å². The van der Waals surface area contributed by atoms with E-state index in [1.165, 1.54) is 75.4 Å². The first kappa shape index (κ1) is 34.3. The predicted molar refractivity (Wildman–Crippen MR) is 225 cm³/mol. The number of hydrogen-bond acceptors (Lipinski definition) is 5. The third-order valence-corrected chi connectivity index (χ3v) is 10.6. The molecule has 0 aromatic heterocycles. The average Bonchev–Trinajstić information content (AvgIpc) is 3.19. The lowest BCUT2D eigenvalue weighted by atomic mass is 9.88. The van der Waals surface area contributed by atoms with Gasteiger partial charge < -0.3 is 19.9 Å². The fourth-order valence-electron chi connectivity index (χ4n) is 8.34. The van der Waals surface area contributed by atoms with Gasteiger partial charge in [0, 0.05) is 0 Å². The molecule has 6 nitrogen and oxygen atoms in total. The zero-order chi connectivity index (χ0) is 37.8. The van der Waals surface area contributed by atoms with Crippen LogP contribution in [0.5, 0.6) is 0 Å². The minimum atomic E-state index is -0.645. The summed E-state index contributed by atoms with van der Waals surface area (Å²) in [6.45, 7) is 5.25. The summed E-state index contributed by atoms with van der Waals surface area (Å²) in [6.07, 6.45) is -0.645. The van der Waals surface area contributed by atoms with Crippen LogP contribution in [0.15, 0.2) is 133 Å². The molecule has 0 aliphatic heterocycles. The molecule has 2 N–H and O–H groups in total. The first-order valence-electron chi connectivity index (χ1n) is 18.6. The summed E-state index contributed by atoms with van der Waals surface area (Å²) in [5.74, 6) is -0.517. The minimum absolute atomic E-state index is 0.0755. The quantitative estimate of drug-likeness (QED) is 0.105. The number of amides is 1. The number of benzene rings is 10. The summed E-state index contributed by atoms with van der Waals surface area (Å²) >= 11 is 0. The first-order chi connectivity index (χ1) is 26.7. The van der Waals surface area contributed by atoms with E-state index in [0.29, 0.717) is 0 Å². The molecular formula is C49H39NO5. The number of fused-ring (bicyclic) bond motifs is 4. The fraction of sp³-hybridized carbons (Fsp3) is 0.143. The maximum atomic E-state index is 12.2. The second kappa shape index (κ2) is 13.4. The van der Waals surface area contributed by atoms with E-state index in [9.17, 15) is 14.7 Å². The monoisotopic (exact) mass is 721 g/mol. The number of esters is 1. The molecule has 0 heterocycles. The van der Waals surface area contributed by atoms with E-state index in [-0.39, 0.29) is 19.8 Å². The Hall–Kier alpha value is -6.50. The van der Waals surface area contributed by atoms with E-state index in [4.69, 9.17) is 9.47 Å². The molecule has 0 unspecified atom stereocenters. The predicted octanol–water partition coefficient (Wildman–Crippen LogP) is 11.5. The highest BCUT2D eigenvalue weighted by Crippen LogP contribution is 2.42. The van der Waals surface area contributed by atoms with Crippen molar-refractivity contribution in [1.82, 2.24) is 5.32 Å². The Kier molecular flexibility index (Phi) is 8.36. The third-order valence-electron chi connectivity index (χ3n) is 10.6. The van der Waals surface area contributed by atoms with Gasteiger partial charge in [-0.15, -0.1) is 0 Å². The Balaban J connectivity index is 0.000000156. The summed E-state index contributed by atoms with van der Waals surface area (Å²) in [7, 11) is 0. The Morgan fingerprint density at radius 2 is 0.891 bits per heavy atom. The highest BCUT2D eigenvalue weighted by Gasteiger charge is 2.19. The van der Waals surface area contributed by atoms with Gasteiger partial charge in [-0.2, -0.15) is 0 Å². The number of rotatable bonds is 5. The number of hydrogen-bond donors (Lipinski definition) is 2. The van der Waals surface area contributed by atoms with E-state index in [0.717, 1.165) is 21.9 Å². The van der Waals surface area contributed by atoms with Crippen LogP contribution in [-0.4, -0.2) is 29.3 Å². The Morgan fingerprint density at radius 3 is 1.35 bits per heavy atom. The maximum absolute atomic E-state index is 12.2. The lowest BCUT2D eigenvalue weighted by molar-refractivity contribution is -0.143. The third kappa shape index (κ3) is 5.96. The van der Waals surface area contributed by atoms with Crippen molar-refractivity contribution in [3.05, 3.63) is 145 Å². The van der Waals surface area contributed by atoms with Gasteiger partial charge in [0.1, 0.15) is 18.8 Å². The molecule has 6 heteroatoms. The van der Waals surface area contributed by atoms with Gasteiger partial charge >= 0.3 is 12.1 Å². The van der Waals surface area contributed by atoms with Crippen LogP contribution in [0.3, 0.4) is 0 Å². The van der Waals surface area contributed by atoms with Crippen LogP contribution in [-0.2, 0) is 27.5 Å². The number of carbonyl (C=O) groups excluding carboxylic acids is 2. The molecule has 0 aliphatic carbocycles. The normalized spacial score (nSPS) is 12.0. The van der Waals surface area contributed by atoms with Crippen molar-refractivity contribution in [2.45, 2.75) is 39.6 Å². The van der Waals surface area contributed by atoms with Gasteiger partial charge in [0.05, 0.1) is 6.61 Å². The lowest BCUT2D eigenvalue weighted by Gasteiger charge is -2.19. The van der Waals surface area contributed by atoms with Crippen LogP contribution < -0.4 is 5.32 Å². The number of aliphatic hydroxyl groups excluding tert-OH is 1. The fourth-order valence-corrected chi connectivity index (χ4v) is 8.34. The van der Waals surface area contributed by atoms with Crippen LogP contribution in [0.4, 0.5) is 4.79 Å². The molecule has 10 rings (SSSR count). The minimum Gasteiger partial charge on any atom is -0.459 e. The second-order valence-electron chi connectivity index (χ2n) is 15.1. The summed E-state index contributed by atoms with van der Waals surface area (Å²) in [5, 5.41) is 31.8. The van der Waals surface area contributed by atoms with Gasteiger partial charge in [-0.1, -0.05) is 133 Å². The maximum Gasteiger partial charge on any atom is 0.408 e. The number of aliphatic hydroxyl groups is 1. The molecule has 0 saturated heterocycles. The topological polar surface area (TPSA) is 84.9 Å². The van der Waals surface area contributed by atoms with Crippen molar-refractivity contribution in [2.24, 2.45) is 0 Å². The highest BCUT2D eigenvalue weighted by atomic mass is 16.6. The average molecular weight is 722 g/mol. The van der Waals surface area contributed by atoms with Crippen molar-refractivity contribution in [1.29, 1.82) is 0 Å². The van der Waals surface area contributed by atoms with Crippen molar-refractivity contribution in [2.75, 3.05) is 6.54 Å². The number of carbonyl (C=O) groups is 2. The zero-order valence-electron chi connectivity index (χ0n) is 30.9. The van der Waals surface area contributed by atoms with E-state index in [1.807, 2.05) is 18.2 Å². The Morgan fingerprint density at radius 1 is 0.509 bits per heavy atom. The molecule has 0 bridgehead atoms. The standard InChI is InChI=1S/C28H25NO4.C21H14O/c1-28(2,3)33-27(31)29-15-24(30)32-16-18-13-14-23-21-11-5-8-17-7-4-10-20(25(17)21)22-12-6-9-19(18)26(22)23;22-12-14-10-11-19-17-8-2-5-13-4-1-7-16(20(13)17)18-9-3-6-15(14)21(18)19/h4-14H,15-16H2,1-3H3,(H,29,31);1-11,22H,12H2. The molecule has 0 spiro atoms. The first-order valence-corrected chi connectivity index (χ1v) is 18.6. The lowest BCUT2D eigenvalue weighted by Crippen LogP contribution is -2.36. The van der Waals surface area contributed by atoms with Gasteiger partial charge in [-0.25, -0.2) is 4.79 Å². The summed E-state index contributed by atoms with van der Waals surface area (Å²) in [6, 6.07) is 46.8. The SMILES string of the molecule is CC(C)(C)OC(=O)NCC(=O)OCc1ccc2c3cccc4cccc(c5cccc1c52)c43.OCc1ccc2c3cccc4cccc(c5cccc1c52)c43. The van der Waals surface area contributed by atoms with Crippen molar-refractivity contribution in [3.8, 4) is 0 Å². The summed E-state index contributed by atoms with van der Waals surface area (Å²) in [5.41, 5.74) is 1.29. The van der Waals surface area contributed by atoms with Gasteiger partial charge in [0.15, 0.2) is 0 Å². The smallest absolute Gasteiger partial charge is 0.408 e. The number of nitrogens with one attached hydrogen (secondary N) is 1. The van der Waals surface area contributed by atoms with Crippen LogP contribution in [0, 0.1) is 0 Å². The molecule has 0 atom stereocenters. The van der Waals surface area contributed by atoms with E-state index in [1.54, 1.807) is 20.8 Å². The van der Waals surface area contributed by atoms with Gasteiger partial charge in [0.2, 0.25) is 0 Å². The molecule has 0 fully saturated rings. The van der Waals surface area contributed by atoms with Crippen LogP contribution in [0.25, 0.3) is 86.2 Å². The van der Waals surface area contributed by atoms with Crippen LogP contribution >= 0.6 is 0 Å². The molecular weight excluding hydrogens is 683 g/mol. The largest absolute Gasteiger partial charge is 0.459 e. The van der Waals surface area contributed by atoms with Gasteiger partial charge in [0.25, 0.3) is 0 Å². The Bertz CT molecular complexity index is 2990. The van der Waals surface area contributed by atoms with Crippen molar-refractivity contribution in [3.63, 3.8) is 0 Å². The number of ether oxygens (including phenoxy) is 2. The summed E-state index contributed by atoms with van der Waals surface area (Å²) < 4.78 is 10.6. The molecule has 10 aromatic rings. The van der Waals surface area contributed by atoms with Crippen LogP contribution in [0.2, 0.25) is 0 Å².